The number of benzene rings is 3. The quantitative estimate of drug-likeness (QED) is 0.141. The van der Waals surface area contributed by atoms with Crippen molar-refractivity contribution in [3.63, 3.8) is 0 Å². The summed E-state index contributed by atoms with van der Waals surface area (Å²) in [4.78, 5) is 32.2. The molecule has 254 valence electrons. The number of phenols is 1. The number of carbonyl (C=O) groups excluding carboxylic acids is 2. The zero-order valence-electron chi connectivity index (χ0n) is 28.1. The van der Waals surface area contributed by atoms with Gasteiger partial charge in [-0.15, -0.1) is 11.3 Å². The van der Waals surface area contributed by atoms with Crippen LogP contribution in [-0.4, -0.2) is 91.4 Å². The summed E-state index contributed by atoms with van der Waals surface area (Å²) in [5.41, 5.74) is 2.53. The van der Waals surface area contributed by atoms with E-state index < -0.39 is 5.60 Å². The molecule has 2 fully saturated rings. The minimum absolute atomic E-state index is 0.108. The lowest BCUT2D eigenvalue weighted by molar-refractivity contribution is -0.160. The highest BCUT2D eigenvalue weighted by Gasteiger charge is 2.34. The number of fused-ring (bicyclic) bond motifs is 1. The summed E-state index contributed by atoms with van der Waals surface area (Å²) in [6.45, 7) is 11.4. The number of thiophene rings is 1. The minimum Gasteiger partial charge on any atom is -0.508 e. The molecule has 1 N–H and O–H groups in total. The third-order valence-electron chi connectivity index (χ3n) is 8.75. The zero-order valence-corrected chi connectivity index (χ0v) is 28.9. The van der Waals surface area contributed by atoms with E-state index in [1.807, 2.05) is 69.3 Å². The Balaban J connectivity index is 1.19. The average molecular weight is 673 g/mol. The fourth-order valence-corrected chi connectivity index (χ4v) is 7.63. The number of ketones is 1. The molecule has 0 saturated carbocycles. The summed E-state index contributed by atoms with van der Waals surface area (Å²) in [6, 6.07) is 18.3. The van der Waals surface area contributed by atoms with Crippen molar-refractivity contribution in [3.8, 4) is 27.7 Å². The number of likely N-dealkylation sites (tertiary alicyclic amines) is 1. The molecule has 0 unspecified atom stereocenters. The molecule has 2 saturated heterocycles. The highest BCUT2D eigenvalue weighted by Crippen LogP contribution is 2.42. The van der Waals surface area contributed by atoms with Gasteiger partial charge in [0, 0.05) is 57.8 Å². The number of ether oxygens (including phenoxy) is 4. The van der Waals surface area contributed by atoms with E-state index in [9.17, 15) is 14.7 Å². The van der Waals surface area contributed by atoms with E-state index in [1.165, 1.54) is 11.3 Å². The zero-order chi connectivity index (χ0) is 33.8. The number of nitrogens with zero attached hydrogens (tertiary/aromatic N) is 2. The maximum absolute atomic E-state index is 14.3. The van der Waals surface area contributed by atoms with Crippen LogP contribution in [0.5, 0.6) is 17.2 Å². The van der Waals surface area contributed by atoms with Gasteiger partial charge in [-0.1, -0.05) is 12.1 Å². The lowest BCUT2D eigenvalue weighted by Gasteiger charge is -2.27. The largest absolute Gasteiger partial charge is 0.508 e. The first-order valence-corrected chi connectivity index (χ1v) is 17.4. The van der Waals surface area contributed by atoms with Crippen molar-refractivity contribution < 1.29 is 33.6 Å². The van der Waals surface area contributed by atoms with Crippen LogP contribution in [0.3, 0.4) is 0 Å². The van der Waals surface area contributed by atoms with Crippen LogP contribution in [0.2, 0.25) is 0 Å². The number of rotatable bonds is 11. The maximum atomic E-state index is 14.3. The molecule has 3 aromatic carbocycles. The fraction of sp³-hybridized carbons (Fsp3) is 0.421. The van der Waals surface area contributed by atoms with Crippen molar-refractivity contribution in [2.45, 2.75) is 51.8 Å². The van der Waals surface area contributed by atoms with E-state index in [1.54, 1.807) is 19.2 Å². The monoisotopic (exact) mass is 672 g/mol. The topological polar surface area (TPSA) is 97.8 Å². The number of esters is 1. The van der Waals surface area contributed by atoms with E-state index in [2.05, 4.69) is 9.80 Å². The maximum Gasteiger partial charge on any atom is 0.323 e. The van der Waals surface area contributed by atoms with Gasteiger partial charge in [-0.05, 0) is 94.3 Å². The Labute approximate surface area is 286 Å². The summed E-state index contributed by atoms with van der Waals surface area (Å²) in [5.74, 6) is 1.26. The molecule has 0 bridgehead atoms. The molecule has 1 atom stereocenters. The first-order chi connectivity index (χ1) is 23.1. The van der Waals surface area contributed by atoms with Gasteiger partial charge in [0.25, 0.3) is 0 Å². The summed E-state index contributed by atoms with van der Waals surface area (Å²) in [5, 5.41) is 11.0. The standard InChI is InChI=1S/C38H44N2O7S/c1-38(2,3)47-37(43)31-6-5-15-40(31)18-21-46-29-12-9-25(10-13-29)36-34(30-14-11-28(41)23-33(30)48-36)35(42)26-7-8-27(32(22-26)44-4)24-39-16-19-45-20-17-39/h7-14,22-23,31,41H,5-6,15-21,24H2,1-4H3/t31-/m0/s1. The Morgan fingerprint density at radius 2 is 1.77 bits per heavy atom. The molecule has 3 heterocycles. The lowest BCUT2D eigenvalue weighted by Crippen LogP contribution is -2.42. The Hall–Kier alpha value is -3.96. The van der Waals surface area contributed by atoms with Crippen molar-refractivity contribution in [3.05, 3.63) is 77.4 Å². The second-order valence-electron chi connectivity index (χ2n) is 13.3. The molecule has 0 radical (unpaired) electrons. The van der Waals surface area contributed by atoms with Gasteiger partial charge in [0.2, 0.25) is 0 Å². The molecule has 2 aliphatic rings. The third-order valence-corrected chi connectivity index (χ3v) is 9.96. The molecule has 10 heteroatoms. The van der Waals surface area contributed by atoms with Crippen LogP contribution >= 0.6 is 11.3 Å². The van der Waals surface area contributed by atoms with Gasteiger partial charge < -0.3 is 24.1 Å². The van der Waals surface area contributed by atoms with Gasteiger partial charge in [-0.3, -0.25) is 19.4 Å². The molecular formula is C38H44N2O7S. The second-order valence-corrected chi connectivity index (χ2v) is 14.4. The van der Waals surface area contributed by atoms with Crippen LogP contribution in [0, 0.1) is 0 Å². The van der Waals surface area contributed by atoms with Gasteiger partial charge in [-0.25, -0.2) is 0 Å². The number of morpholine rings is 1. The summed E-state index contributed by atoms with van der Waals surface area (Å²) in [6.07, 6.45) is 1.75. The van der Waals surface area contributed by atoms with E-state index in [0.717, 1.165) is 65.1 Å². The first kappa shape index (κ1) is 33.9. The summed E-state index contributed by atoms with van der Waals surface area (Å²) >= 11 is 1.48. The number of methoxy groups -OCH3 is 1. The third kappa shape index (κ3) is 7.84. The van der Waals surface area contributed by atoms with Gasteiger partial charge in [0.05, 0.1) is 20.3 Å². The SMILES string of the molecule is COc1cc(C(=O)c2c(-c3ccc(OCCN4CCC[C@H]4C(=O)OC(C)(C)C)cc3)sc3cc(O)ccc23)ccc1CN1CCOCC1. The molecule has 0 aliphatic carbocycles. The molecule has 0 amide bonds. The van der Waals surface area contributed by atoms with Crippen molar-refractivity contribution in [2.75, 3.05) is 53.1 Å². The van der Waals surface area contributed by atoms with Crippen LogP contribution in [0.25, 0.3) is 20.5 Å². The number of hydrogen-bond acceptors (Lipinski definition) is 10. The van der Waals surface area contributed by atoms with Crippen molar-refractivity contribution in [2.24, 2.45) is 0 Å². The smallest absolute Gasteiger partial charge is 0.323 e. The predicted octanol–water partition coefficient (Wildman–Crippen LogP) is 6.53. The highest BCUT2D eigenvalue weighted by atomic mass is 32.1. The van der Waals surface area contributed by atoms with E-state index in [-0.39, 0.29) is 23.5 Å². The van der Waals surface area contributed by atoms with Crippen molar-refractivity contribution in [1.29, 1.82) is 0 Å². The highest BCUT2D eigenvalue weighted by molar-refractivity contribution is 7.22. The van der Waals surface area contributed by atoms with Gasteiger partial charge in [0.15, 0.2) is 5.78 Å². The summed E-state index contributed by atoms with van der Waals surface area (Å²) in [7, 11) is 1.63. The van der Waals surface area contributed by atoms with E-state index in [4.69, 9.17) is 18.9 Å². The summed E-state index contributed by atoms with van der Waals surface area (Å²) < 4.78 is 23.8. The first-order valence-electron chi connectivity index (χ1n) is 16.6. The molecule has 0 spiro atoms. The fourth-order valence-electron chi connectivity index (χ4n) is 6.39. The number of carbonyl (C=O) groups is 2. The molecule has 48 heavy (non-hydrogen) atoms. The van der Waals surface area contributed by atoms with E-state index in [0.29, 0.717) is 49.0 Å². The number of hydrogen-bond donors (Lipinski definition) is 1. The van der Waals surface area contributed by atoms with Gasteiger partial charge in [0.1, 0.15) is 35.5 Å². The van der Waals surface area contributed by atoms with Crippen LogP contribution < -0.4 is 9.47 Å². The number of aromatic hydroxyl groups is 1. The predicted molar refractivity (Wildman–Crippen MR) is 187 cm³/mol. The lowest BCUT2D eigenvalue weighted by atomic mass is 9.96. The van der Waals surface area contributed by atoms with Crippen LogP contribution in [0.1, 0.15) is 55.1 Å². The van der Waals surface area contributed by atoms with E-state index >= 15 is 0 Å². The second kappa shape index (κ2) is 14.7. The number of phenolic OH excluding ortho intramolecular Hbond substituents is 1. The molecule has 2 aliphatic heterocycles. The Bertz CT molecular complexity index is 1760. The Morgan fingerprint density at radius 1 is 1.00 bits per heavy atom. The Kier molecular flexibility index (Phi) is 10.4. The van der Waals surface area contributed by atoms with Crippen LogP contribution in [0.15, 0.2) is 60.7 Å². The molecule has 1 aromatic heterocycles. The molecule has 6 rings (SSSR count). The molecule has 9 nitrogen and oxygen atoms in total. The molecule has 4 aromatic rings. The molecular weight excluding hydrogens is 628 g/mol. The van der Waals surface area contributed by atoms with Gasteiger partial charge in [-0.2, -0.15) is 0 Å². The van der Waals surface area contributed by atoms with Crippen molar-refractivity contribution >= 4 is 33.2 Å². The Morgan fingerprint density at radius 3 is 2.50 bits per heavy atom. The average Bonchev–Trinajstić information content (AvgIpc) is 3.69. The van der Waals surface area contributed by atoms with Crippen molar-refractivity contribution in [1.82, 2.24) is 9.80 Å². The normalized spacial score (nSPS) is 17.5. The van der Waals surface area contributed by atoms with Crippen LogP contribution in [-0.2, 0) is 20.8 Å². The van der Waals surface area contributed by atoms with Gasteiger partial charge >= 0.3 is 5.97 Å². The van der Waals surface area contributed by atoms with Crippen LogP contribution in [0.4, 0.5) is 0 Å². The minimum atomic E-state index is -0.510.